The van der Waals surface area contributed by atoms with Crippen LogP contribution >= 0.6 is 0 Å². The standard InChI is InChI=1S/C16H16/c1-16(2)11-5-8-14-13-7-4-3-6-12(13)9-10-15(14)16/h3-10H,11H2,1-2H3. The Kier molecular flexibility index (Phi) is 1.94. The van der Waals surface area contributed by atoms with Gasteiger partial charge in [0, 0.05) is 0 Å². The number of hydrogen-bond donors (Lipinski definition) is 0. The molecule has 0 fully saturated rings. The highest BCUT2D eigenvalue weighted by atomic mass is 14.3. The number of rotatable bonds is 0. The van der Waals surface area contributed by atoms with Gasteiger partial charge in [-0.15, -0.1) is 0 Å². The van der Waals surface area contributed by atoms with Crippen LogP contribution in [-0.2, 0) is 5.41 Å². The third kappa shape index (κ3) is 1.30. The fourth-order valence-electron chi connectivity index (χ4n) is 2.65. The van der Waals surface area contributed by atoms with E-state index >= 15 is 0 Å². The third-order valence-corrected chi connectivity index (χ3v) is 3.61. The number of allylic oxidation sites excluding steroid dienone is 1. The quantitative estimate of drug-likeness (QED) is 0.596. The molecular formula is C16H16. The summed E-state index contributed by atoms with van der Waals surface area (Å²) >= 11 is 0. The normalized spacial score (nSPS) is 17.4. The molecule has 0 heterocycles. The maximum atomic E-state index is 2.32. The van der Waals surface area contributed by atoms with Crippen LogP contribution in [0.3, 0.4) is 0 Å². The summed E-state index contributed by atoms with van der Waals surface area (Å²) in [6, 6.07) is 13.2. The molecule has 1 aliphatic rings. The molecule has 0 aliphatic heterocycles. The topological polar surface area (TPSA) is 0 Å². The summed E-state index contributed by atoms with van der Waals surface area (Å²) in [5.74, 6) is 0. The minimum Gasteiger partial charge on any atom is -0.0830 e. The van der Waals surface area contributed by atoms with Crippen molar-refractivity contribution in [1.82, 2.24) is 0 Å². The lowest BCUT2D eigenvalue weighted by molar-refractivity contribution is 0.530. The third-order valence-electron chi connectivity index (χ3n) is 3.61. The Morgan fingerprint density at radius 3 is 2.69 bits per heavy atom. The van der Waals surface area contributed by atoms with Crippen LogP contribution in [0.2, 0.25) is 0 Å². The zero-order valence-electron chi connectivity index (χ0n) is 9.83. The molecule has 0 unspecified atom stereocenters. The largest absolute Gasteiger partial charge is 0.0830 e. The van der Waals surface area contributed by atoms with Crippen molar-refractivity contribution in [3.8, 4) is 0 Å². The van der Waals surface area contributed by atoms with Crippen LogP contribution in [0.25, 0.3) is 16.8 Å². The molecule has 0 nitrogen and oxygen atoms in total. The SMILES string of the molecule is CC1(C)CC=Cc2c1ccc1ccccc21. The van der Waals surface area contributed by atoms with Crippen molar-refractivity contribution < 1.29 is 0 Å². The first-order valence-electron chi connectivity index (χ1n) is 5.87. The van der Waals surface area contributed by atoms with Crippen molar-refractivity contribution in [3.05, 3.63) is 53.6 Å². The van der Waals surface area contributed by atoms with E-state index < -0.39 is 0 Å². The van der Waals surface area contributed by atoms with Gasteiger partial charge in [-0.25, -0.2) is 0 Å². The van der Waals surface area contributed by atoms with E-state index in [1.165, 1.54) is 21.9 Å². The smallest absolute Gasteiger partial charge is 0.00628 e. The molecule has 0 saturated heterocycles. The lowest BCUT2D eigenvalue weighted by atomic mass is 9.75. The molecule has 3 rings (SSSR count). The highest BCUT2D eigenvalue weighted by Gasteiger charge is 2.25. The van der Waals surface area contributed by atoms with Gasteiger partial charge >= 0.3 is 0 Å². The zero-order valence-corrected chi connectivity index (χ0v) is 9.83. The van der Waals surface area contributed by atoms with Crippen LogP contribution < -0.4 is 0 Å². The average molecular weight is 208 g/mol. The molecule has 16 heavy (non-hydrogen) atoms. The first kappa shape index (κ1) is 9.65. The number of benzene rings is 2. The maximum Gasteiger partial charge on any atom is -0.00628 e. The van der Waals surface area contributed by atoms with Crippen molar-refractivity contribution in [3.63, 3.8) is 0 Å². The van der Waals surface area contributed by atoms with Crippen molar-refractivity contribution in [2.75, 3.05) is 0 Å². The average Bonchev–Trinajstić information content (AvgIpc) is 2.28. The Labute approximate surface area is 96.6 Å². The Morgan fingerprint density at radius 2 is 1.81 bits per heavy atom. The molecule has 0 saturated carbocycles. The minimum absolute atomic E-state index is 0.272. The van der Waals surface area contributed by atoms with E-state index in [0.29, 0.717) is 0 Å². The van der Waals surface area contributed by atoms with Crippen molar-refractivity contribution in [2.24, 2.45) is 0 Å². The Balaban J connectivity index is 2.40. The van der Waals surface area contributed by atoms with Gasteiger partial charge in [-0.2, -0.15) is 0 Å². The molecule has 0 spiro atoms. The summed E-state index contributed by atoms with van der Waals surface area (Å²) in [6.07, 6.45) is 5.72. The van der Waals surface area contributed by atoms with Gasteiger partial charge in [-0.05, 0) is 33.7 Å². The van der Waals surface area contributed by atoms with Crippen LogP contribution in [0.5, 0.6) is 0 Å². The maximum absolute atomic E-state index is 2.32. The first-order valence-corrected chi connectivity index (χ1v) is 5.87. The van der Waals surface area contributed by atoms with E-state index in [-0.39, 0.29) is 5.41 Å². The van der Waals surface area contributed by atoms with E-state index in [0.717, 1.165) is 6.42 Å². The fourth-order valence-corrected chi connectivity index (χ4v) is 2.65. The summed E-state index contributed by atoms with van der Waals surface area (Å²) in [4.78, 5) is 0. The van der Waals surface area contributed by atoms with Gasteiger partial charge < -0.3 is 0 Å². The minimum atomic E-state index is 0.272. The molecule has 0 heteroatoms. The second-order valence-electron chi connectivity index (χ2n) is 5.24. The second-order valence-corrected chi connectivity index (χ2v) is 5.24. The molecule has 80 valence electrons. The van der Waals surface area contributed by atoms with E-state index in [1.54, 1.807) is 0 Å². The molecule has 1 aliphatic carbocycles. The zero-order chi connectivity index (χ0) is 11.2. The van der Waals surface area contributed by atoms with E-state index in [2.05, 4.69) is 62.4 Å². The summed E-state index contributed by atoms with van der Waals surface area (Å²) in [6.45, 7) is 4.65. The molecule has 2 aromatic carbocycles. The predicted molar refractivity (Wildman–Crippen MR) is 70.6 cm³/mol. The molecule has 0 N–H and O–H groups in total. The molecule has 2 aromatic rings. The van der Waals surface area contributed by atoms with E-state index in [1.807, 2.05) is 0 Å². The fraction of sp³-hybridized carbons (Fsp3) is 0.250. The number of hydrogen-bond acceptors (Lipinski definition) is 0. The van der Waals surface area contributed by atoms with E-state index in [9.17, 15) is 0 Å². The van der Waals surface area contributed by atoms with Crippen molar-refractivity contribution >= 4 is 16.8 Å². The van der Waals surface area contributed by atoms with Gasteiger partial charge in [0.1, 0.15) is 0 Å². The Morgan fingerprint density at radius 1 is 1.00 bits per heavy atom. The van der Waals surface area contributed by atoms with Crippen molar-refractivity contribution in [1.29, 1.82) is 0 Å². The molecule has 0 bridgehead atoms. The van der Waals surface area contributed by atoms with Gasteiger partial charge in [-0.3, -0.25) is 0 Å². The predicted octanol–water partition coefficient (Wildman–Crippen LogP) is 4.53. The summed E-state index contributed by atoms with van der Waals surface area (Å²) in [7, 11) is 0. The molecule has 0 aromatic heterocycles. The highest BCUT2D eigenvalue weighted by Crippen LogP contribution is 2.38. The van der Waals surface area contributed by atoms with Crippen LogP contribution in [0.1, 0.15) is 31.4 Å². The highest BCUT2D eigenvalue weighted by molar-refractivity contribution is 5.92. The van der Waals surface area contributed by atoms with Gasteiger partial charge in [0.15, 0.2) is 0 Å². The summed E-state index contributed by atoms with van der Waals surface area (Å²) in [5, 5.41) is 2.72. The lowest BCUT2D eigenvalue weighted by Crippen LogP contribution is -2.19. The second kappa shape index (κ2) is 3.21. The molecule has 0 radical (unpaired) electrons. The summed E-state index contributed by atoms with van der Waals surface area (Å²) < 4.78 is 0. The van der Waals surface area contributed by atoms with E-state index in [4.69, 9.17) is 0 Å². The summed E-state index contributed by atoms with van der Waals surface area (Å²) in [5.41, 5.74) is 3.16. The lowest BCUT2D eigenvalue weighted by Gasteiger charge is -2.29. The number of fused-ring (bicyclic) bond motifs is 3. The molecule has 0 atom stereocenters. The monoisotopic (exact) mass is 208 g/mol. The Hall–Kier alpha value is -1.56. The molecular weight excluding hydrogens is 192 g/mol. The Bertz CT molecular complexity index is 574. The van der Waals surface area contributed by atoms with Gasteiger partial charge in [-0.1, -0.05) is 62.4 Å². The van der Waals surface area contributed by atoms with Crippen LogP contribution in [0.15, 0.2) is 42.5 Å². The van der Waals surface area contributed by atoms with Gasteiger partial charge in [0.2, 0.25) is 0 Å². The van der Waals surface area contributed by atoms with Gasteiger partial charge in [0.05, 0.1) is 0 Å². The van der Waals surface area contributed by atoms with Gasteiger partial charge in [0.25, 0.3) is 0 Å². The van der Waals surface area contributed by atoms with Crippen LogP contribution in [-0.4, -0.2) is 0 Å². The molecule has 0 amide bonds. The first-order chi connectivity index (χ1) is 7.68. The van der Waals surface area contributed by atoms with Crippen LogP contribution in [0.4, 0.5) is 0 Å². The van der Waals surface area contributed by atoms with Crippen LogP contribution in [0, 0.1) is 0 Å². The van der Waals surface area contributed by atoms with Crippen molar-refractivity contribution in [2.45, 2.75) is 25.7 Å².